The highest BCUT2D eigenvalue weighted by atomic mass is 16.6. The van der Waals surface area contributed by atoms with E-state index in [1.165, 1.54) is 6.20 Å². The fourth-order valence-corrected chi connectivity index (χ4v) is 2.90. The van der Waals surface area contributed by atoms with E-state index in [1.54, 1.807) is 18.2 Å². The quantitative estimate of drug-likeness (QED) is 0.302. The third-order valence-corrected chi connectivity index (χ3v) is 4.21. The van der Waals surface area contributed by atoms with Gasteiger partial charge in [-0.3, -0.25) is 19.3 Å². The van der Waals surface area contributed by atoms with E-state index in [9.17, 15) is 14.9 Å². The highest BCUT2D eigenvalue weighted by Gasteiger charge is 2.23. The van der Waals surface area contributed by atoms with Crippen molar-refractivity contribution < 1.29 is 4.92 Å². The van der Waals surface area contributed by atoms with Crippen molar-refractivity contribution in [3.8, 4) is 0 Å². The summed E-state index contributed by atoms with van der Waals surface area (Å²) in [5.41, 5.74) is -0.0835. The monoisotopic (exact) mass is 376 g/mol. The van der Waals surface area contributed by atoms with Gasteiger partial charge in [0.15, 0.2) is 0 Å². The Bertz CT molecular complexity index is 1240. The molecule has 3 aromatic heterocycles. The lowest BCUT2D eigenvalue weighted by Crippen LogP contribution is -2.23. The normalized spacial score (nSPS) is 10.9. The molecule has 9 nitrogen and oxygen atoms in total. The average molecular weight is 376 g/mol. The van der Waals surface area contributed by atoms with Gasteiger partial charge >= 0.3 is 11.2 Å². The Morgan fingerprint density at radius 1 is 0.964 bits per heavy atom. The molecule has 4 aromatic rings. The first-order chi connectivity index (χ1) is 13.6. The molecular formula is C19H16N6O3. The number of aromatic nitrogens is 3. The average Bonchev–Trinajstić information content (AvgIpc) is 2.71. The van der Waals surface area contributed by atoms with Crippen molar-refractivity contribution in [2.24, 2.45) is 0 Å². The second-order valence-corrected chi connectivity index (χ2v) is 6.04. The molecule has 0 unspecified atom stereocenters. The van der Waals surface area contributed by atoms with Gasteiger partial charge in [-0.05, 0) is 30.3 Å². The number of benzene rings is 1. The molecule has 0 bridgehead atoms. The second kappa shape index (κ2) is 7.31. The first-order valence-corrected chi connectivity index (χ1v) is 8.63. The van der Waals surface area contributed by atoms with E-state index in [2.05, 4.69) is 20.6 Å². The molecule has 0 saturated carbocycles. The summed E-state index contributed by atoms with van der Waals surface area (Å²) in [5.74, 6) is 0.649. The summed E-state index contributed by atoms with van der Waals surface area (Å²) >= 11 is 0. The van der Waals surface area contributed by atoms with Crippen LogP contribution in [0.2, 0.25) is 0 Å². The summed E-state index contributed by atoms with van der Waals surface area (Å²) in [6.07, 6.45) is 1.45. The number of hydrogen-bond acceptors (Lipinski definition) is 7. The van der Waals surface area contributed by atoms with E-state index in [0.29, 0.717) is 24.6 Å². The maximum Gasteiger partial charge on any atom is 0.376 e. The molecule has 2 N–H and O–H groups in total. The van der Waals surface area contributed by atoms with Gasteiger partial charge in [-0.1, -0.05) is 24.3 Å². The molecule has 140 valence electrons. The summed E-state index contributed by atoms with van der Waals surface area (Å²) in [7, 11) is 0. The first kappa shape index (κ1) is 17.4. The fraction of sp³-hybridized carbons (Fsp3) is 0.105. The predicted octanol–water partition coefficient (Wildman–Crippen LogP) is 2.67. The number of para-hydroxylation sites is 1. The molecule has 0 saturated heterocycles. The zero-order valence-corrected chi connectivity index (χ0v) is 14.7. The smallest absolute Gasteiger partial charge is 0.368 e. The summed E-state index contributed by atoms with van der Waals surface area (Å²) in [6, 6.07) is 16.6. The number of fused-ring (bicyclic) bond motifs is 2. The van der Waals surface area contributed by atoms with E-state index < -0.39 is 16.2 Å². The van der Waals surface area contributed by atoms with Gasteiger partial charge in [0.05, 0.1) is 10.4 Å². The van der Waals surface area contributed by atoms with Gasteiger partial charge in [0.25, 0.3) is 0 Å². The Morgan fingerprint density at radius 3 is 2.61 bits per heavy atom. The Kier molecular flexibility index (Phi) is 4.55. The third-order valence-electron chi connectivity index (χ3n) is 4.21. The lowest BCUT2D eigenvalue weighted by molar-refractivity contribution is -0.385. The van der Waals surface area contributed by atoms with Crippen molar-refractivity contribution in [3.63, 3.8) is 0 Å². The van der Waals surface area contributed by atoms with Crippen LogP contribution in [0.25, 0.3) is 16.6 Å². The molecule has 0 radical (unpaired) electrons. The zero-order valence-electron chi connectivity index (χ0n) is 14.7. The largest absolute Gasteiger partial charge is 0.376 e. The van der Waals surface area contributed by atoms with Crippen LogP contribution in [0.3, 0.4) is 0 Å². The van der Waals surface area contributed by atoms with Crippen molar-refractivity contribution in [1.29, 1.82) is 0 Å². The topological polar surface area (TPSA) is 114 Å². The van der Waals surface area contributed by atoms with Crippen LogP contribution in [0.4, 0.5) is 17.3 Å². The Hall–Kier alpha value is -4.01. The number of pyridine rings is 2. The Morgan fingerprint density at radius 2 is 1.75 bits per heavy atom. The van der Waals surface area contributed by atoms with Crippen LogP contribution in [0.5, 0.6) is 0 Å². The van der Waals surface area contributed by atoms with Crippen LogP contribution in [0.1, 0.15) is 0 Å². The summed E-state index contributed by atoms with van der Waals surface area (Å²) in [4.78, 5) is 31.7. The minimum atomic E-state index is -0.720. The van der Waals surface area contributed by atoms with Crippen LogP contribution >= 0.6 is 0 Å². The number of rotatable bonds is 6. The third kappa shape index (κ3) is 3.32. The van der Waals surface area contributed by atoms with Crippen molar-refractivity contribution in [2.45, 2.75) is 0 Å². The van der Waals surface area contributed by atoms with Crippen molar-refractivity contribution >= 4 is 33.9 Å². The van der Waals surface area contributed by atoms with Gasteiger partial charge in [-0.2, -0.15) is 0 Å². The van der Waals surface area contributed by atoms with Crippen molar-refractivity contribution in [3.05, 3.63) is 81.3 Å². The highest BCUT2D eigenvalue weighted by Crippen LogP contribution is 2.18. The van der Waals surface area contributed by atoms with E-state index in [-0.39, 0.29) is 5.82 Å². The molecule has 3 heterocycles. The minimum absolute atomic E-state index is 0.0468. The SMILES string of the molecule is O=c1c([N+](=O)[O-])c(NCCNc2ccc3ccccc3n2)nc2ccccn12. The molecule has 0 aliphatic heterocycles. The summed E-state index contributed by atoms with van der Waals surface area (Å²) < 4.78 is 1.15. The van der Waals surface area contributed by atoms with E-state index >= 15 is 0 Å². The molecule has 0 amide bonds. The number of hydrogen-bond donors (Lipinski definition) is 2. The van der Waals surface area contributed by atoms with Gasteiger partial charge in [-0.25, -0.2) is 9.97 Å². The van der Waals surface area contributed by atoms with Crippen molar-refractivity contribution in [1.82, 2.24) is 14.4 Å². The van der Waals surface area contributed by atoms with E-state index in [1.807, 2.05) is 36.4 Å². The minimum Gasteiger partial charge on any atom is -0.368 e. The number of nitro groups is 1. The van der Waals surface area contributed by atoms with Gasteiger partial charge in [0.1, 0.15) is 11.5 Å². The van der Waals surface area contributed by atoms with Crippen LogP contribution in [0, 0.1) is 10.1 Å². The van der Waals surface area contributed by atoms with E-state index in [0.717, 1.165) is 15.3 Å². The molecule has 4 rings (SSSR count). The number of anilines is 2. The Labute approximate surface area is 158 Å². The van der Waals surface area contributed by atoms with Crippen LogP contribution in [0.15, 0.2) is 65.6 Å². The molecule has 0 atom stereocenters. The van der Waals surface area contributed by atoms with Crippen LogP contribution in [-0.4, -0.2) is 32.4 Å². The molecule has 0 aliphatic rings. The number of nitrogens with zero attached hydrogens (tertiary/aromatic N) is 4. The van der Waals surface area contributed by atoms with Crippen LogP contribution < -0.4 is 16.2 Å². The summed E-state index contributed by atoms with van der Waals surface area (Å²) in [6.45, 7) is 0.767. The van der Waals surface area contributed by atoms with Crippen LogP contribution in [-0.2, 0) is 0 Å². The molecular weight excluding hydrogens is 360 g/mol. The molecule has 28 heavy (non-hydrogen) atoms. The molecule has 0 aliphatic carbocycles. The second-order valence-electron chi connectivity index (χ2n) is 6.04. The first-order valence-electron chi connectivity index (χ1n) is 8.63. The lowest BCUT2D eigenvalue weighted by atomic mass is 10.2. The Balaban J connectivity index is 1.49. The van der Waals surface area contributed by atoms with Gasteiger partial charge < -0.3 is 10.6 Å². The van der Waals surface area contributed by atoms with Gasteiger partial charge in [0, 0.05) is 24.7 Å². The van der Waals surface area contributed by atoms with Gasteiger partial charge in [-0.15, -0.1) is 0 Å². The predicted molar refractivity (Wildman–Crippen MR) is 107 cm³/mol. The summed E-state index contributed by atoms with van der Waals surface area (Å²) in [5, 5.41) is 18.4. The maximum atomic E-state index is 12.4. The van der Waals surface area contributed by atoms with E-state index in [4.69, 9.17) is 0 Å². The number of nitrogens with one attached hydrogen (secondary N) is 2. The maximum absolute atomic E-state index is 12.4. The fourth-order valence-electron chi connectivity index (χ4n) is 2.90. The molecule has 0 spiro atoms. The standard InChI is InChI=1S/C19H16N6O3/c26-19-17(25(27)28)18(23-16-7-3-4-12-24(16)19)21-11-10-20-15-9-8-13-5-1-2-6-14(13)22-15/h1-9,12,21H,10-11H2,(H,20,22). The lowest BCUT2D eigenvalue weighted by Gasteiger charge is -2.09. The zero-order chi connectivity index (χ0) is 19.5. The van der Waals surface area contributed by atoms with Crippen molar-refractivity contribution in [2.75, 3.05) is 23.7 Å². The van der Waals surface area contributed by atoms with Gasteiger partial charge in [0.2, 0.25) is 5.82 Å². The highest BCUT2D eigenvalue weighted by molar-refractivity contribution is 5.80. The molecule has 1 aromatic carbocycles. The molecule has 0 fully saturated rings. The molecule has 9 heteroatoms.